The maximum atomic E-state index is 14.6. The van der Waals surface area contributed by atoms with Crippen molar-refractivity contribution in [1.29, 1.82) is 0 Å². The Morgan fingerprint density at radius 2 is 2.00 bits per heavy atom. The third-order valence-electron chi connectivity index (χ3n) is 5.42. The summed E-state index contributed by atoms with van der Waals surface area (Å²) in [4.78, 5) is 25.4. The predicted octanol–water partition coefficient (Wildman–Crippen LogP) is 3.54. The summed E-state index contributed by atoms with van der Waals surface area (Å²) in [6.07, 6.45) is -3.08. The number of nitrogens with one attached hydrogen (secondary N) is 2. The lowest BCUT2D eigenvalue weighted by Gasteiger charge is -2.36. The van der Waals surface area contributed by atoms with Crippen LogP contribution in [-0.4, -0.2) is 50.7 Å². The second-order valence-electron chi connectivity index (χ2n) is 7.66. The number of alkyl halides is 4. The van der Waals surface area contributed by atoms with Crippen LogP contribution < -0.4 is 15.5 Å². The first-order valence-electron chi connectivity index (χ1n) is 10.1. The highest BCUT2D eigenvalue weighted by molar-refractivity contribution is 6.00. The summed E-state index contributed by atoms with van der Waals surface area (Å²) in [6.45, 7) is 4.04. The van der Waals surface area contributed by atoms with E-state index in [9.17, 15) is 22.4 Å². The molecule has 1 fully saturated rings. The predicted molar refractivity (Wildman–Crippen MR) is 116 cm³/mol. The summed E-state index contributed by atoms with van der Waals surface area (Å²) in [7, 11) is 1.83. The number of halogens is 4. The molecule has 12 heteroatoms. The Morgan fingerprint density at radius 1 is 1.27 bits per heavy atom. The second kappa shape index (κ2) is 8.68. The molecule has 1 amide bonds. The monoisotopic (exact) mass is 463 g/mol. The number of hydrogen-bond donors (Lipinski definition) is 2. The number of anilines is 3. The van der Waals surface area contributed by atoms with Gasteiger partial charge >= 0.3 is 6.18 Å². The fraction of sp³-hybridized carbons (Fsp3) is 0.333. The van der Waals surface area contributed by atoms with Gasteiger partial charge in [0.2, 0.25) is 17.8 Å². The molecule has 0 spiro atoms. The molecule has 1 aliphatic rings. The van der Waals surface area contributed by atoms with E-state index in [1.54, 1.807) is 12.1 Å². The third-order valence-corrected chi connectivity index (χ3v) is 5.42. The van der Waals surface area contributed by atoms with Crippen molar-refractivity contribution in [1.82, 2.24) is 19.5 Å². The van der Waals surface area contributed by atoms with Crippen LogP contribution in [0.25, 0.3) is 11.0 Å². The van der Waals surface area contributed by atoms with Crippen molar-refractivity contribution in [3.8, 4) is 0 Å². The highest BCUT2D eigenvalue weighted by Gasteiger charge is 2.33. The zero-order valence-electron chi connectivity index (χ0n) is 17.6. The number of fused-ring (bicyclic) bond motifs is 1. The number of carbonyl (C=O) groups is 1. The standard InChI is InChI=1S/C21H21F4N7O/c1-3-18(33)28-13-4-5-17-15(8-13)30-20(31(17)2)32-7-6-14(22)16(11-32)29-19-26-9-12(10-27-19)21(23,24)25/h3-5,8-10,14,16H,1,6-7,11H2,2H3,(H,28,33)(H,26,27,29)/t14-,16-/m0/s1. The van der Waals surface area contributed by atoms with Gasteiger partial charge in [0.05, 0.1) is 22.6 Å². The Labute approximate surface area is 186 Å². The number of piperidine rings is 1. The summed E-state index contributed by atoms with van der Waals surface area (Å²) < 4.78 is 54.6. The molecule has 1 saturated heterocycles. The summed E-state index contributed by atoms with van der Waals surface area (Å²) in [5.41, 5.74) is 1.06. The number of imidazole rings is 1. The lowest BCUT2D eigenvalue weighted by atomic mass is 10.0. The first-order valence-corrected chi connectivity index (χ1v) is 10.1. The van der Waals surface area contributed by atoms with Crippen molar-refractivity contribution in [2.75, 3.05) is 28.6 Å². The fourth-order valence-corrected chi connectivity index (χ4v) is 3.70. The molecule has 33 heavy (non-hydrogen) atoms. The zero-order valence-corrected chi connectivity index (χ0v) is 17.6. The van der Waals surface area contributed by atoms with Crippen LogP contribution in [0.3, 0.4) is 0 Å². The molecular formula is C21H21F4N7O. The quantitative estimate of drug-likeness (QED) is 0.445. The van der Waals surface area contributed by atoms with Crippen LogP contribution in [0.15, 0.2) is 43.2 Å². The Balaban J connectivity index is 1.53. The van der Waals surface area contributed by atoms with Crippen molar-refractivity contribution < 1.29 is 22.4 Å². The molecule has 0 radical (unpaired) electrons. The highest BCUT2D eigenvalue weighted by Crippen LogP contribution is 2.29. The van der Waals surface area contributed by atoms with Gasteiger partial charge in [-0.25, -0.2) is 19.3 Å². The Hall–Kier alpha value is -3.70. The van der Waals surface area contributed by atoms with E-state index in [-0.39, 0.29) is 24.8 Å². The van der Waals surface area contributed by atoms with Crippen molar-refractivity contribution in [2.24, 2.45) is 7.05 Å². The summed E-state index contributed by atoms with van der Waals surface area (Å²) in [6, 6.07) is 4.55. The van der Waals surface area contributed by atoms with Gasteiger partial charge in [-0.3, -0.25) is 4.79 Å². The smallest absolute Gasteiger partial charge is 0.347 e. The zero-order chi connectivity index (χ0) is 23.8. The molecule has 8 nitrogen and oxygen atoms in total. The number of carbonyl (C=O) groups excluding carboxylic acids is 1. The topological polar surface area (TPSA) is 88.0 Å². The SMILES string of the molecule is C=CC(=O)Nc1ccc2c(c1)nc(N1CC[C@H](F)[C@@H](Nc3ncc(C(F)(F)F)cn3)C1)n2C. The van der Waals surface area contributed by atoms with Crippen LogP contribution in [0.4, 0.5) is 35.1 Å². The Bertz CT molecular complexity index is 1180. The van der Waals surface area contributed by atoms with E-state index >= 15 is 0 Å². The number of amides is 1. The van der Waals surface area contributed by atoms with Gasteiger partial charge in [0, 0.05) is 38.2 Å². The molecule has 2 aromatic heterocycles. The second-order valence-corrected chi connectivity index (χ2v) is 7.66. The van der Waals surface area contributed by atoms with Gasteiger partial charge in [-0.15, -0.1) is 0 Å². The molecule has 0 bridgehead atoms. The van der Waals surface area contributed by atoms with Gasteiger partial charge in [0.15, 0.2) is 0 Å². The summed E-state index contributed by atoms with van der Waals surface area (Å²) >= 11 is 0. The molecule has 4 rings (SSSR count). The maximum Gasteiger partial charge on any atom is 0.419 e. The molecule has 0 unspecified atom stereocenters. The number of benzene rings is 1. The van der Waals surface area contributed by atoms with Gasteiger partial charge in [-0.2, -0.15) is 13.2 Å². The number of hydrogen-bond acceptors (Lipinski definition) is 6. The van der Waals surface area contributed by atoms with E-state index in [0.717, 1.165) is 5.52 Å². The largest absolute Gasteiger partial charge is 0.419 e. The molecule has 0 aliphatic carbocycles. The third kappa shape index (κ3) is 4.73. The van der Waals surface area contributed by atoms with Crippen LogP contribution >= 0.6 is 0 Å². The lowest BCUT2D eigenvalue weighted by Crippen LogP contribution is -2.49. The van der Waals surface area contributed by atoms with E-state index in [4.69, 9.17) is 0 Å². The average molecular weight is 463 g/mol. The van der Waals surface area contributed by atoms with Crippen LogP contribution in [0.1, 0.15) is 12.0 Å². The van der Waals surface area contributed by atoms with E-state index in [1.807, 2.05) is 22.6 Å². The number of rotatable bonds is 5. The van der Waals surface area contributed by atoms with Gasteiger partial charge in [0.25, 0.3) is 0 Å². The minimum absolute atomic E-state index is 0.0786. The molecule has 1 aromatic carbocycles. The van der Waals surface area contributed by atoms with Crippen LogP contribution in [0.2, 0.25) is 0 Å². The Kier molecular flexibility index (Phi) is 5.91. The van der Waals surface area contributed by atoms with Gasteiger partial charge in [0.1, 0.15) is 6.17 Å². The molecule has 1 aliphatic heterocycles. The van der Waals surface area contributed by atoms with E-state index in [2.05, 4.69) is 32.2 Å². The Morgan fingerprint density at radius 3 is 2.67 bits per heavy atom. The number of nitrogens with zero attached hydrogens (tertiary/aromatic N) is 5. The van der Waals surface area contributed by atoms with Crippen LogP contribution in [0.5, 0.6) is 0 Å². The molecule has 3 aromatic rings. The minimum Gasteiger partial charge on any atom is -0.347 e. The average Bonchev–Trinajstić information content (AvgIpc) is 3.10. The fourth-order valence-electron chi connectivity index (χ4n) is 3.70. The van der Waals surface area contributed by atoms with E-state index < -0.39 is 24.0 Å². The normalized spacial score (nSPS) is 18.9. The van der Waals surface area contributed by atoms with Gasteiger partial charge < -0.3 is 20.1 Å². The first-order chi connectivity index (χ1) is 15.7. The number of aromatic nitrogens is 4. The number of aryl methyl sites for hydroxylation is 1. The van der Waals surface area contributed by atoms with E-state index in [1.165, 1.54) is 6.08 Å². The lowest BCUT2D eigenvalue weighted by molar-refractivity contribution is -0.138. The molecule has 3 heterocycles. The van der Waals surface area contributed by atoms with Crippen LogP contribution in [-0.2, 0) is 18.0 Å². The molecule has 174 valence electrons. The summed E-state index contributed by atoms with van der Waals surface area (Å²) in [5, 5.41) is 5.48. The van der Waals surface area contributed by atoms with Crippen LogP contribution in [0, 0.1) is 0 Å². The van der Waals surface area contributed by atoms with Crippen molar-refractivity contribution in [2.45, 2.75) is 24.8 Å². The molecule has 0 saturated carbocycles. The van der Waals surface area contributed by atoms with Gasteiger partial charge in [-0.1, -0.05) is 6.58 Å². The van der Waals surface area contributed by atoms with E-state index in [0.29, 0.717) is 36.1 Å². The van der Waals surface area contributed by atoms with Crippen molar-refractivity contribution >= 4 is 34.5 Å². The highest BCUT2D eigenvalue weighted by atomic mass is 19.4. The minimum atomic E-state index is -4.54. The maximum absolute atomic E-state index is 14.6. The first kappa shape index (κ1) is 22.5. The van der Waals surface area contributed by atoms with Gasteiger partial charge in [-0.05, 0) is 30.7 Å². The van der Waals surface area contributed by atoms with Crippen molar-refractivity contribution in [3.05, 3.63) is 48.8 Å². The summed E-state index contributed by atoms with van der Waals surface area (Å²) in [5.74, 6) is 0.185. The van der Waals surface area contributed by atoms with Crippen molar-refractivity contribution in [3.63, 3.8) is 0 Å². The molecule has 2 N–H and O–H groups in total. The molecule has 2 atom stereocenters. The molecular weight excluding hydrogens is 442 g/mol.